The first-order valence-electron chi connectivity index (χ1n) is 7.20. The number of benzene rings is 1. The number of rotatable bonds is 5. The molecule has 1 aromatic heterocycles. The minimum absolute atomic E-state index is 0.184. The van der Waals surface area contributed by atoms with Crippen LogP contribution in [0.1, 0.15) is 30.5 Å². The summed E-state index contributed by atoms with van der Waals surface area (Å²) in [6.45, 7) is 6.20. The van der Waals surface area contributed by atoms with Crippen molar-refractivity contribution >= 4 is 5.97 Å². The Morgan fingerprint density at radius 3 is 2.48 bits per heavy atom. The van der Waals surface area contributed by atoms with Gasteiger partial charge in [0, 0.05) is 12.4 Å². The largest absolute Gasteiger partial charge is 0.465 e. The molecule has 3 nitrogen and oxygen atoms in total. The second-order valence-electron chi connectivity index (χ2n) is 5.40. The van der Waals surface area contributed by atoms with Gasteiger partial charge in [0.05, 0.1) is 12.0 Å². The van der Waals surface area contributed by atoms with Gasteiger partial charge in [-0.3, -0.25) is 9.78 Å². The maximum Gasteiger partial charge on any atom is 0.316 e. The number of nitrogens with zero attached hydrogens (tertiary/aromatic N) is 1. The fourth-order valence-corrected chi connectivity index (χ4v) is 2.67. The topological polar surface area (TPSA) is 39.2 Å². The smallest absolute Gasteiger partial charge is 0.316 e. The Morgan fingerprint density at radius 1 is 1.19 bits per heavy atom. The van der Waals surface area contributed by atoms with Gasteiger partial charge in [0.25, 0.3) is 0 Å². The normalized spacial score (nSPS) is 13.5. The summed E-state index contributed by atoms with van der Waals surface area (Å²) < 4.78 is 5.33. The molecule has 0 N–H and O–H groups in total. The highest BCUT2D eigenvalue weighted by atomic mass is 16.5. The predicted octanol–water partition coefficient (Wildman–Crippen LogP) is 3.45. The van der Waals surface area contributed by atoms with E-state index in [4.69, 9.17) is 4.74 Å². The van der Waals surface area contributed by atoms with E-state index in [1.54, 1.807) is 12.4 Å². The maximum absolute atomic E-state index is 12.6. The molecule has 3 heteroatoms. The summed E-state index contributed by atoms with van der Waals surface area (Å²) in [5, 5.41) is 0. The van der Waals surface area contributed by atoms with Gasteiger partial charge in [-0.15, -0.1) is 0 Å². The molecule has 1 atom stereocenters. The molecule has 0 amide bonds. The summed E-state index contributed by atoms with van der Waals surface area (Å²) in [4.78, 5) is 16.6. The molecule has 2 rings (SSSR count). The average molecular weight is 283 g/mol. The Hall–Kier alpha value is -2.16. The van der Waals surface area contributed by atoms with Crippen molar-refractivity contribution in [2.45, 2.75) is 32.6 Å². The number of ether oxygens (including phenoxy) is 1. The lowest BCUT2D eigenvalue weighted by molar-refractivity contribution is -0.149. The molecule has 0 saturated heterocycles. The van der Waals surface area contributed by atoms with E-state index in [2.05, 4.69) is 4.98 Å². The summed E-state index contributed by atoms with van der Waals surface area (Å²) in [5.74, 6) is -0.184. The summed E-state index contributed by atoms with van der Waals surface area (Å²) in [5.41, 5.74) is 2.49. The fraction of sp³-hybridized carbons (Fsp3) is 0.333. The van der Waals surface area contributed by atoms with Gasteiger partial charge >= 0.3 is 5.97 Å². The lowest BCUT2D eigenvalue weighted by Crippen LogP contribution is -2.37. The molecule has 2 aromatic rings. The first-order valence-corrected chi connectivity index (χ1v) is 7.20. The number of carbonyl (C=O) groups is 1. The third kappa shape index (κ3) is 3.30. The molecule has 1 unspecified atom stereocenters. The molecule has 21 heavy (non-hydrogen) atoms. The van der Waals surface area contributed by atoms with Crippen LogP contribution < -0.4 is 0 Å². The van der Waals surface area contributed by atoms with Crippen LogP contribution in [0, 0.1) is 6.92 Å². The predicted molar refractivity (Wildman–Crippen MR) is 83.1 cm³/mol. The second-order valence-corrected chi connectivity index (χ2v) is 5.40. The van der Waals surface area contributed by atoms with Crippen LogP contribution in [-0.2, 0) is 21.4 Å². The zero-order valence-corrected chi connectivity index (χ0v) is 12.8. The third-order valence-electron chi connectivity index (χ3n) is 3.77. The minimum Gasteiger partial charge on any atom is -0.465 e. The van der Waals surface area contributed by atoms with E-state index < -0.39 is 5.41 Å². The average Bonchev–Trinajstić information content (AvgIpc) is 2.48. The molecule has 0 aliphatic heterocycles. The van der Waals surface area contributed by atoms with E-state index in [0.717, 1.165) is 16.7 Å². The van der Waals surface area contributed by atoms with Gasteiger partial charge in [0.2, 0.25) is 0 Å². The monoisotopic (exact) mass is 283 g/mol. The number of aryl methyl sites for hydroxylation is 1. The molecular formula is C18H21NO2. The van der Waals surface area contributed by atoms with Crippen LogP contribution in [0.2, 0.25) is 0 Å². The fourth-order valence-electron chi connectivity index (χ4n) is 2.67. The van der Waals surface area contributed by atoms with Crippen molar-refractivity contribution in [1.82, 2.24) is 4.98 Å². The molecule has 0 aliphatic rings. The summed E-state index contributed by atoms with van der Waals surface area (Å²) in [7, 11) is 0. The molecule has 110 valence electrons. The standard InChI is InChI=1S/C18H21NO2/c1-4-21-17(20)18(3,13-15-9-11-19-12-10-15)16-8-6-5-7-14(16)2/h5-12H,4,13H2,1-3H3. The van der Waals surface area contributed by atoms with Gasteiger partial charge in [-0.05, 0) is 56.0 Å². The van der Waals surface area contributed by atoms with Gasteiger partial charge in [-0.2, -0.15) is 0 Å². The Kier molecular flexibility index (Phi) is 4.73. The SMILES string of the molecule is CCOC(=O)C(C)(Cc1ccncc1)c1ccccc1C. The number of pyridine rings is 1. The highest BCUT2D eigenvalue weighted by molar-refractivity contribution is 5.83. The van der Waals surface area contributed by atoms with Crippen molar-refractivity contribution < 1.29 is 9.53 Å². The second kappa shape index (κ2) is 6.53. The molecule has 0 fully saturated rings. The summed E-state index contributed by atoms with van der Waals surface area (Å²) in [6, 6.07) is 11.9. The first kappa shape index (κ1) is 15.2. The lowest BCUT2D eigenvalue weighted by Gasteiger charge is -2.29. The van der Waals surface area contributed by atoms with Crippen molar-refractivity contribution in [3.05, 3.63) is 65.5 Å². The van der Waals surface area contributed by atoms with Crippen LogP contribution >= 0.6 is 0 Å². The molecule has 0 bridgehead atoms. The molecular weight excluding hydrogens is 262 g/mol. The number of carbonyl (C=O) groups excluding carboxylic acids is 1. The highest BCUT2D eigenvalue weighted by Gasteiger charge is 2.37. The van der Waals surface area contributed by atoms with Gasteiger partial charge in [0.15, 0.2) is 0 Å². The van der Waals surface area contributed by atoms with Crippen molar-refractivity contribution in [2.24, 2.45) is 0 Å². The number of aromatic nitrogens is 1. The van der Waals surface area contributed by atoms with Crippen molar-refractivity contribution in [3.8, 4) is 0 Å². The quantitative estimate of drug-likeness (QED) is 0.789. The minimum atomic E-state index is -0.692. The Labute approximate surface area is 126 Å². The van der Waals surface area contributed by atoms with Crippen LogP contribution in [0.15, 0.2) is 48.8 Å². The molecule has 0 radical (unpaired) electrons. The van der Waals surface area contributed by atoms with E-state index in [1.165, 1.54) is 0 Å². The van der Waals surface area contributed by atoms with E-state index >= 15 is 0 Å². The zero-order chi connectivity index (χ0) is 15.3. The number of hydrogen-bond acceptors (Lipinski definition) is 3. The van der Waals surface area contributed by atoms with Crippen LogP contribution in [0.4, 0.5) is 0 Å². The van der Waals surface area contributed by atoms with Crippen molar-refractivity contribution in [3.63, 3.8) is 0 Å². The molecule has 1 aromatic carbocycles. The van der Waals surface area contributed by atoms with Crippen LogP contribution in [0.25, 0.3) is 0 Å². The van der Waals surface area contributed by atoms with Crippen molar-refractivity contribution in [1.29, 1.82) is 0 Å². The van der Waals surface area contributed by atoms with Crippen LogP contribution in [0.3, 0.4) is 0 Å². The van der Waals surface area contributed by atoms with E-state index in [0.29, 0.717) is 13.0 Å². The highest BCUT2D eigenvalue weighted by Crippen LogP contribution is 2.32. The van der Waals surface area contributed by atoms with Gasteiger partial charge < -0.3 is 4.74 Å². The van der Waals surface area contributed by atoms with Gasteiger partial charge in [-0.1, -0.05) is 24.3 Å². The van der Waals surface area contributed by atoms with E-state index in [9.17, 15) is 4.79 Å². The van der Waals surface area contributed by atoms with Crippen LogP contribution in [-0.4, -0.2) is 17.6 Å². The van der Waals surface area contributed by atoms with Crippen LogP contribution in [0.5, 0.6) is 0 Å². The molecule has 0 spiro atoms. The maximum atomic E-state index is 12.6. The summed E-state index contributed by atoms with van der Waals surface area (Å²) >= 11 is 0. The lowest BCUT2D eigenvalue weighted by atomic mass is 9.75. The van der Waals surface area contributed by atoms with E-state index in [1.807, 2.05) is 57.2 Å². The molecule has 1 heterocycles. The Morgan fingerprint density at radius 2 is 1.86 bits per heavy atom. The first-order chi connectivity index (χ1) is 10.1. The van der Waals surface area contributed by atoms with Gasteiger partial charge in [0.1, 0.15) is 0 Å². The summed E-state index contributed by atoms with van der Waals surface area (Å²) in [6.07, 6.45) is 4.09. The Bertz CT molecular complexity index is 610. The molecule has 0 aliphatic carbocycles. The Balaban J connectivity index is 2.44. The van der Waals surface area contributed by atoms with Gasteiger partial charge in [-0.25, -0.2) is 0 Å². The van der Waals surface area contributed by atoms with Crippen molar-refractivity contribution in [2.75, 3.05) is 6.61 Å². The number of hydrogen-bond donors (Lipinski definition) is 0. The number of esters is 1. The molecule has 0 saturated carbocycles. The van der Waals surface area contributed by atoms with E-state index in [-0.39, 0.29) is 5.97 Å². The zero-order valence-electron chi connectivity index (χ0n) is 12.8. The third-order valence-corrected chi connectivity index (χ3v) is 3.77.